The molecule has 0 saturated carbocycles. The number of methoxy groups -OCH3 is 1. The molecule has 0 aromatic carbocycles. The molecule has 1 rings (SSSR count). The topological polar surface area (TPSA) is 39.2 Å². The summed E-state index contributed by atoms with van der Waals surface area (Å²) in [6.07, 6.45) is 2.12. The van der Waals surface area contributed by atoms with Crippen LogP contribution in [0.2, 0.25) is 5.15 Å². The van der Waals surface area contributed by atoms with Crippen molar-refractivity contribution in [3.63, 3.8) is 0 Å². The molecule has 0 unspecified atom stereocenters. The number of halogens is 1. The Morgan fingerprint density at radius 2 is 2.47 bits per heavy atom. The molecular weight excluding hydrogens is 234 g/mol. The second-order valence-electron chi connectivity index (χ2n) is 2.87. The van der Waals surface area contributed by atoms with Gasteiger partial charge in [0.1, 0.15) is 5.15 Å². The molecule has 3 nitrogen and oxygen atoms in total. The Morgan fingerprint density at radius 1 is 1.67 bits per heavy atom. The van der Waals surface area contributed by atoms with Crippen LogP contribution in [0.15, 0.2) is 18.3 Å². The van der Waals surface area contributed by atoms with Crippen molar-refractivity contribution in [2.75, 3.05) is 12.9 Å². The number of hydrogen-bond acceptors (Lipinski definition) is 4. The summed E-state index contributed by atoms with van der Waals surface area (Å²) in [5.74, 6) is 1.42. The monoisotopic (exact) mass is 245 g/mol. The third-order valence-electron chi connectivity index (χ3n) is 1.74. The molecule has 0 aliphatic carbocycles. The Morgan fingerprint density at radius 3 is 3.13 bits per heavy atom. The molecule has 15 heavy (non-hydrogen) atoms. The summed E-state index contributed by atoms with van der Waals surface area (Å²) in [4.78, 5) is 14.7. The maximum atomic E-state index is 10.8. The molecule has 0 radical (unpaired) electrons. The van der Waals surface area contributed by atoms with Crippen molar-refractivity contribution >= 4 is 29.3 Å². The van der Waals surface area contributed by atoms with Crippen LogP contribution in [0.5, 0.6) is 0 Å². The SMILES string of the molecule is COC(=O)CCSCc1ccnc(Cl)c1. The lowest BCUT2D eigenvalue weighted by molar-refractivity contribution is -0.140. The number of aromatic nitrogens is 1. The average Bonchev–Trinajstić information content (AvgIpc) is 2.24. The zero-order valence-corrected chi connectivity index (χ0v) is 9.98. The highest BCUT2D eigenvalue weighted by atomic mass is 35.5. The number of esters is 1. The van der Waals surface area contributed by atoms with Crippen LogP contribution in [0.25, 0.3) is 0 Å². The van der Waals surface area contributed by atoms with Crippen molar-refractivity contribution in [3.8, 4) is 0 Å². The van der Waals surface area contributed by atoms with E-state index in [1.807, 2.05) is 12.1 Å². The summed E-state index contributed by atoms with van der Waals surface area (Å²) in [7, 11) is 1.40. The van der Waals surface area contributed by atoms with Gasteiger partial charge in [-0.15, -0.1) is 0 Å². The molecule has 0 amide bonds. The van der Waals surface area contributed by atoms with Crippen LogP contribution in [0, 0.1) is 0 Å². The molecule has 0 aliphatic heterocycles. The predicted octanol–water partition coefficient (Wildman–Crippen LogP) is 2.53. The standard InChI is InChI=1S/C10H12ClNO2S/c1-14-10(13)3-5-15-7-8-2-4-12-9(11)6-8/h2,4,6H,3,5,7H2,1H3. The van der Waals surface area contributed by atoms with Crippen LogP contribution in [-0.2, 0) is 15.3 Å². The summed E-state index contributed by atoms with van der Waals surface area (Å²) in [5.41, 5.74) is 1.12. The first-order chi connectivity index (χ1) is 7.22. The summed E-state index contributed by atoms with van der Waals surface area (Å²) >= 11 is 7.41. The van der Waals surface area contributed by atoms with E-state index in [9.17, 15) is 4.79 Å². The lowest BCUT2D eigenvalue weighted by atomic mass is 10.3. The molecule has 0 aliphatic rings. The van der Waals surface area contributed by atoms with Crippen LogP contribution in [0.4, 0.5) is 0 Å². The van der Waals surface area contributed by atoms with Gasteiger partial charge < -0.3 is 4.74 Å². The van der Waals surface area contributed by atoms with Gasteiger partial charge in [0.2, 0.25) is 0 Å². The Labute approximate surface area is 98.2 Å². The van der Waals surface area contributed by atoms with Crippen LogP contribution in [0.3, 0.4) is 0 Å². The van der Waals surface area contributed by atoms with E-state index in [4.69, 9.17) is 11.6 Å². The molecule has 82 valence electrons. The quantitative estimate of drug-likeness (QED) is 0.454. The molecule has 0 spiro atoms. The molecule has 0 saturated heterocycles. The first-order valence-corrected chi connectivity index (χ1v) is 6.00. The van der Waals surface area contributed by atoms with E-state index in [1.165, 1.54) is 7.11 Å². The van der Waals surface area contributed by atoms with E-state index in [0.29, 0.717) is 11.6 Å². The number of pyridine rings is 1. The Bertz CT molecular complexity index is 333. The number of ether oxygens (including phenoxy) is 1. The van der Waals surface area contributed by atoms with Gasteiger partial charge in [-0.3, -0.25) is 4.79 Å². The molecule has 1 heterocycles. The van der Waals surface area contributed by atoms with Gasteiger partial charge in [-0.1, -0.05) is 11.6 Å². The number of carbonyl (C=O) groups excluding carboxylic acids is 1. The number of carbonyl (C=O) groups is 1. The van der Waals surface area contributed by atoms with Crippen molar-refractivity contribution in [2.24, 2.45) is 0 Å². The Kier molecular flexibility index (Phi) is 5.50. The second-order valence-corrected chi connectivity index (χ2v) is 4.36. The number of thioether (sulfide) groups is 1. The second kappa shape index (κ2) is 6.69. The summed E-state index contributed by atoms with van der Waals surface area (Å²) in [6, 6.07) is 3.74. The fourth-order valence-corrected chi connectivity index (χ4v) is 2.05. The maximum absolute atomic E-state index is 10.8. The van der Waals surface area contributed by atoms with Crippen LogP contribution in [0.1, 0.15) is 12.0 Å². The minimum absolute atomic E-state index is 0.171. The molecule has 1 aromatic heterocycles. The van der Waals surface area contributed by atoms with E-state index in [-0.39, 0.29) is 5.97 Å². The number of rotatable bonds is 5. The van der Waals surface area contributed by atoms with Gasteiger partial charge in [-0.2, -0.15) is 11.8 Å². The third-order valence-corrected chi connectivity index (χ3v) is 2.97. The lowest BCUT2D eigenvalue weighted by Gasteiger charge is -2.01. The van der Waals surface area contributed by atoms with E-state index in [2.05, 4.69) is 9.72 Å². The highest BCUT2D eigenvalue weighted by Crippen LogP contribution is 2.15. The zero-order chi connectivity index (χ0) is 11.1. The normalized spacial score (nSPS) is 10.0. The molecular formula is C10H12ClNO2S. The van der Waals surface area contributed by atoms with E-state index >= 15 is 0 Å². The minimum atomic E-state index is -0.171. The van der Waals surface area contributed by atoms with Crippen LogP contribution >= 0.6 is 23.4 Å². The summed E-state index contributed by atoms with van der Waals surface area (Å²) in [5, 5.41) is 0.501. The van der Waals surface area contributed by atoms with Gasteiger partial charge in [0.15, 0.2) is 0 Å². The van der Waals surface area contributed by atoms with Crippen molar-refractivity contribution in [1.82, 2.24) is 4.98 Å². The highest BCUT2D eigenvalue weighted by molar-refractivity contribution is 7.98. The van der Waals surface area contributed by atoms with E-state index < -0.39 is 0 Å². The molecule has 0 bridgehead atoms. The number of nitrogens with zero attached hydrogens (tertiary/aromatic N) is 1. The molecule has 1 aromatic rings. The largest absolute Gasteiger partial charge is 0.469 e. The zero-order valence-electron chi connectivity index (χ0n) is 8.40. The fourth-order valence-electron chi connectivity index (χ4n) is 0.980. The Hall–Kier alpha value is -0.740. The van der Waals surface area contributed by atoms with Gasteiger partial charge in [0, 0.05) is 17.7 Å². The smallest absolute Gasteiger partial charge is 0.306 e. The van der Waals surface area contributed by atoms with Crippen LogP contribution in [-0.4, -0.2) is 23.8 Å². The van der Waals surface area contributed by atoms with Crippen molar-refractivity contribution in [3.05, 3.63) is 29.0 Å². The van der Waals surface area contributed by atoms with Crippen LogP contribution < -0.4 is 0 Å². The molecule has 0 atom stereocenters. The lowest BCUT2D eigenvalue weighted by Crippen LogP contribution is -2.01. The van der Waals surface area contributed by atoms with E-state index in [0.717, 1.165) is 17.1 Å². The fraction of sp³-hybridized carbons (Fsp3) is 0.400. The van der Waals surface area contributed by atoms with Crippen molar-refractivity contribution < 1.29 is 9.53 Å². The first-order valence-electron chi connectivity index (χ1n) is 4.47. The summed E-state index contributed by atoms with van der Waals surface area (Å²) < 4.78 is 4.54. The summed E-state index contributed by atoms with van der Waals surface area (Å²) in [6.45, 7) is 0. The predicted molar refractivity (Wildman–Crippen MR) is 62.0 cm³/mol. The average molecular weight is 246 g/mol. The van der Waals surface area contributed by atoms with Gasteiger partial charge >= 0.3 is 5.97 Å². The minimum Gasteiger partial charge on any atom is -0.469 e. The number of hydrogen-bond donors (Lipinski definition) is 0. The van der Waals surface area contributed by atoms with Gasteiger partial charge in [-0.05, 0) is 17.7 Å². The molecule has 0 N–H and O–H groups in total. The third kappa shape index (κ3) is 5.04. The van der Waals surface area contributed by atoms with Gasteiger partial charge in [0.25, 0.3) is 0 Å². The van der Waals surface area contributed by atoms with Crippen molar-refractivity contribution in [2.45, 2.75) is 12.2 Å². The van der Waals surface area contributed by atoms with Gasteiger partial charge in [0.05, 0.1) is 13.5 Å². The van der Waals surface area contributed by atoms with Crippen molar-refractivity contribution in [1.29, 1.82) is 0 Å². The Balaban J connectivity index is 2.23. The maximum Gasteiger partial charge on any atom is 0.306 e. The van der Waals surface area contributed by atoms with Gasteiger partial charge in [-0.25, -0.2) is 4.98 Å². The first kappa shape index (κ1) is 12.3. The molecule has 5 heteroatoms. The van der Waals surface area contributed by atoms with E-state index in [1.54, 1.807) is 18.0 Å². The highest BCUT2D eigenvalue weighted by Gasteiger charge is 2.00. The molecule has 0 fully saturated rings.